The summed E-state index contributed by atoms with van der Waals surface area (Å²) < 4.78 is 5.87. The van der Waals surface area contributed by atoms with E-state index in [1.165, 1.54) is 10.8 Å². The highest BCUT2D eigenvalue weighted by atomic mass is 33.1. The van der Waals surface area contributed by atoms with Crippen molar-refractivity contribution in [1.82, 2.24) is 0 Å². The van der Waals surface area contributed by atoms with Gasteiger partial charge in [0, 0.05) is 5.56 Å². The van der Waals surface area contributed by atoms with Gasteiger partial charge < -0.3 is 4.74 Å². The second-order valence-electron chi connectivity index (χ2n) is 2.08. The lowest BCUT2D eigenvalue weighted by Gasteiger charge is -2.05. The van der Waals surface area contributed by atoms with Crippen LogP contribution in [-0.2, 0) is 0 Å². The third-order valence-corrected chi connectivity index (χ3v) is 3.18. The van der Waals surface area contributed by atoms with Crippen LogP contribution in [0.1, 0.15) is 5.56 Å². The maximum absolute atomic E-state index is 5.13. The SMILES string of the molecule is COc1ccccc1C(=S)SS. The lowest BCUT2D eigenvalue weighted by atomic mass is 10.2. The van der Waals surface area contributed by atoms with Crippen LogP contribution in [0.5, 0.6) is 5.75 Å². The Morgan fingerprint density at radius 1 is 1.50 bits per heavy atom. The number of rotatable bonds is 2. The van der Waals surface area contributed by atoms with Gasteiger partial charge in [-0.15, -0.1) is 11.7 Å². The van der Waals surface area contributed by atoms with Gasteiger partial charge in [0.2, 0.25) is 0 Å². The molecule has 0 unspecified atom stereocenters. The number of hydrogen-bond acceptors (Lipinski definition) is 4. The summed E-state index contributed by atoms with van der Waals surface area (Å²) in [6.45, 7) is 0. The van der Waals surface area contributed by atoms with Gasteiger partial charge in [0.25, 0.3) is 0 Å². The molecule has 0 bridgehead atoms. The molecule has 1 rings (SSSR count). The molecule has 0 fully saturated rings. The Morgan fingerprint density at radius 2 is 2.17 bits per heavy atom. The van der Waals surface area contributed by atoms with Crippen LogP contribution in [0.3, 0.4) is 0 Å². The van der Waals surface area contributed by atoms with Crippen LogP contribution in [0, 0.1) is 0 Å². The fraction of sp³-hybridized carbons (Fsp3) is 0.125. The molecule has 0 amide bonds. The van der Waals surface area contributed by atoms with Crippen molar-refractivity contribution in [2.45, 2.75) is 0 Å². The van der Waals surface area contributed by atoms with E-state index in [0.29, 0.717) is 0 Å². The van der Waals surface area contributed by atoms with Gasteiger partial charge in [-0.1, -0.05) is 24.4 Å². The Labute approximate surface area is 86.3 Å². The van der Waals surface area contributed by atoms with Gasteiger partial charge in [0.1, 0.15) is 5.75 Å². The minimum Gasteiger partial charge on any atom is -0.496 e. The van der Waals surface area contributed by atoms with E-state index in [1.807, 2.05) is 24.3 Å². The van der Waals surface area contributed by atoms with Gasteiger partial charge in [0.05, 0.1) is 11.3 Å². The summed E-state index contributed by atoms with van der Waals surface area (Å²) in [7, 11) is 2.88. The number of hydrogen-bond donors (Lipinski definition) is 1. The van der Waals surface area contributed by atoms with E-state index < -0.39 is 0 Å². The molecule has 0 heterocycles. The van der Waals surface area contributed by atoms with Crippen LogP contribution in [0.15, 0.2) is 24.3 Å². The van der Waals surface area contributed by atoms with Crippen molar-refractivity contribution < 1.29 is 4.74 Å². The predicted molar refractivity (Wildman–Crippen MR) is 61.3 cm³/mol. The van der Waals surface area contributed by atoms with Gasteiger partial charge in [-0.2, -0.15) is 0 Å². The average Bonchev–Trinajstić information content (AvgIpc) is 2.16. The smallest absolute Gasteiger partial charge is 0.128 e. The highest BCUT2D eigenvalue weighted by Crippen LogP contribution is 2.25. The van der Waals surface area contributed by atoms with Crippen molar-refractivity contribution in [1.29, 1.82) is 0 Å². The average molecular weight is 216 g/mol. The first-order valence-corrected chi connectivity index (χ1v) is 5.56. The zero-order chi connectivity index (χ0) is 8.97. The molecule has 0 atom stereocenters. The third kappa shape index (κ3) is 2.15. The van der Waals surface area contributed by atoms with Crippen molar-refractivity contribution in [3.05, 3.63) is 29.8 Å². The summed E-state index contributed by atoms with van der Waals surface area (Å²) in [6.07, 6.45) is 0. The van der Waals surface area contributed by atoms with E-state index in [1.54, 1.807) is 7.11 Å². The van der Waals surface area contributed by atoms with Gasteiger partial charge in [-0.3, -0.25) is 0 Å². The molecule has 1 aromatic rings. The third-order valence-electron chi connectivity index (χ3n) is 1.41. The molecule has 4 heteroatoms. The summed E-state index contributed by atoms with van der Waals surface area (Å²) in [5.41, 5.74) is 0.926. The van der Waals surface area contributed by atoms with Crippen molar-refractivity contribution in [2.24, 2.45) is 0 Å². The second-order valence-corrected chi connectivity index (χ2v) is 3.88. The molecule has 1 aromatic carbocycles. The number of thiocarbonyl (C=S) groups is 1. The zero-order valence-electron chi connectivity index (χ0n) is 6.48. The molecule has 0 N–H and O–H groups in total. The van der Waals surface area contributed by atoms with Crippen molar-refractivity contribution in [3.8, 4) is 5.75 Å². The number of benzene rings is 1. The van der Waals surface area contributed by atoms with E-state index in [9.17, 15) is 0 Å². The second kappa shape index (κ2) is 4.74. The van der Waals surface area contributed by atoms with E-state index in [2.05, 4.69) is 11.7 Å². The van der Waals surface area contributed by atoms with Crippen molar-refractivity contribution in [2.75, 3.05) is 7.11 Å². The molecule has 0 radical (unpaired) electrons. The first kappa shape index (κ1) is 9.89. The van der Waals surface area contributed by atoms with E-state index in [4.69, 9.17) is 17.0 Å². The summed E-state index contributed by atoms with van der Waals surface area (Å²) in [5.74, 6) is 0.795. The molecule has 0 aliphatic carbocycles. The van der Waals surface area contributed by atoms with Gasteiger partial charge in [-0.25, -0.2) is 0 Å². The number of para-hydroxylation sites is 1. The first-order valence-electron chi connectivity index (χ1n) is 3.28. The Balaban J connectivity index is 3.04. The zero-order valence-corrected chi connectivity index (χ0v) is 9.01. The fourth-order valence-electron chi connectivity index (χ4n) is 0.862. The lowest BCUT2D eigenvalue weighted by Crippen LogP contribution is -1.94. The van der Waals surface area contributed by atoms with E-state index in [-0.39, 0.29) is 0 Å². The summed E-state index contributed by atoms with van der Waals surface area (Å²) in [4.78, 5) is 0. The normalized spacial score (nSPS) is 9.50. The molecule has 0 aromatic heterocycles. The molecule has 1 nitrogen and oxygen atoms in total. The molecule has 0 saturated heterocycles. The van der Waals surface area contributed by atoms with E-state index in [0.717, 1.165) is 15.5 Å². The van der Waals surface area contributed by atoms with Gasteiger partial charge in [0.15, 0.2) is 0 Å². The maximum Gasteiger partial charge on any atom is 0.128 e. The number of methoxy groups -OCH3 is 1. The Bertz CT molecular complexity index is 285. The van der Waals surface area contributed by atoms with E-state index >= 15 is 0 Å². The van der Waals surface area contributed by atoms with Crippen LogP contribution in [-0.4, -0.2) is 11.3 Å². The molecule has 0 spiro atoms. The van der Waals surface area contributed by atoms with Crippen LogP contribution >= 0.6 is 34.7 Å². The Kier molecular flexibility index (Phi) is 3.91. The largest absolute Gasteiger partial charge is 0.496 e. The highest BCUT2D eigenvalue weighted by Gasteiger charge is 2.05. The van der Waals surface area contributed by atoms with Crippen LogP contribution in [0.25, 0.3) is 0 Å². The topological polar surface area (TPSA) is 9.23 Å². The number of ether oxygens (including phenoxy) is 1. The predicted octanol–water partition coefficient (Wildman–Crippen LogP) is 2.95. The Hall–Kier alpha value is -0.190. The quantitative estimate of drug-likeness (QED) is 0.463. The minimum atomic E-state index is 0.732. The fourth-order valence-corrected chi connectivity index (χ4v) is 1.59. The highest BCUT2D eigenvalue weighted by molar-refractivity contribution is 8.76. The van der Waals surface area contributed by atoms with Gasteiger partial charge >= 0.3 is 0 Å². The lowest BCUT2D eigenvalue weighted by molar-refractivity contribution is 0.414. The van der Waals surface area contributed by atoms with Crippen LogP contribution in [0.2, 0.25) is 0 Å². The minimum absolute atomic E-state index is 0.732. The summed E-state index contributed by atoms with van der Waals surface area (Å²) >= 11 is 9.12. The summed E-state index contributed by atoms with van der Waals surface area (Å²) in [5, 5.41) is 0. The first-order chi connectivity index (χ1) is 5.79. The van der Waals surface area contributed by atoms with Crippen LogP contribution in [0.4, 0.5) is 0 Å². The molecule has 0 aliphatic heterocycles. The molecule has 0 aliphatic rings. The monoisotopic (exact) mass is 216 g/mol. The van der Waals surface area contributed by atoms with Crippen molar-refractivity contribution >= 4 is 38.9 Å². The summed E-state index contributed by atoms with van der Waals surface area (Å²) in [6, 6.07) is 7.64. The van der Waals surface area contributed by atoms with Crippen LogP contribution < -0.4 is 4.74 Å². The Morgan fingerprint density at radius 3 is 2.75 bits per heavy atom. The van der Waals surface area contributed by atoms with Gasteiger partial charge in [-0.05, 0) is 22.9 Å². The number of thiol groups is 1. The standard InChI is InChI=1S/C8H8OS3/c1-9-7-5-3-2-4-6(7)8(10)12-11/h2-5,11H,1H3. The van der Waals surface area contributed by atoms with Crippen molar-refractivity contribution in [3.63, 3.8) is 0 Å². The molecule has 0 saturated carbocycles. The molecule has 64 valence electrons. The molecule has 12 heavy (non-hydrogen) atoms. The molecular weight excluding hydrogens is 208 g/mol. The maximum atomic E-state index is 5.13. The molecular formula is C8H8OS3.